The minimum Gasteiger partial charge on any atom is -0.342 e. The Labute approximate surface area is 99.8 Å². The lowest BCUT2D eigenvalue weighted by Crippen LogP contribution is -2.67. The molecule has 0 saturated carbocycles. The zero-order chi connectivity index (χ0) is 12.3. The Balaban J connectivity index is 5.04. The summed E-state index contributed by atoms with van der Waals surface area (Å²) in [5, 5.41) is 0. The molecule has 0 unspecified atom stereocenters. The highest BCUT2D eigenvalue weighted by molar-refractivity contribution is 6.96. The molecule has 88 valence electrons. The highest BCUT2D eigenvalue weighted by Gasteiger charge is 2.39. The maximum absolute atomic E-state index is 3.99. The molecule has 0 saturated heterocycles. The van der Waals surface area contributed by atoms with Crippen LogP contribution in [0.25, 0.3) is 0 Å². The van der Waals surface area contributed by atoms with Crippen LogP contribution in [0.5, 0.6) is 0 Å². The van der Waals surface area contributed by atoms with Gasteiger partial charge in [0.05, 0.1) is 9.68 Å². The summed E-state index contributed by atoms with van der Waals surface area (Å²) in [4.78, 5) is 0. The van der Waals surface area contributed by atoms with E-state index in [9.17, 15) is 0 Å². The zero-order valence-electron chi connectivity index (χ0n) is 11.2. The predicted molar refractivity (Wildman–Crippen MR) is 79.4 cm³/mol. The Morgan fingerprint density at radius 1 is 1.07 bits per heavy atom. The summed E-state index contributed by atoms with van der Waals surface area (Å²) in [7, 11) is 1.40. The van der Waals surface area contributed by atoms with Crippen LogP contribution in [-0.4, -0.2) is 48.9 Å². The van der Waals surface area contributed by atoms with Gasteiger partial charge in [0.15, 0.2) is 16.6 Å². The summed E-state index contributed by atoms with van der Waals surface area (Å²) < 4.78 is 5.21. The topological polar surface area (TPSA) is 6.48 Å². The van der Waals surface area contributed by atoms with Crippen LogP contribution in [0.15, 0.2) is 24.6 Å². The third-order valence-corrected chi connectivity index (χ3v) is 17.7. The SMILES string of the molecule is C=C[Si](C)(C=C)N(C)[Si](C)(C)N(C)[SiH2]C. The average Bonchev–Trinajstić information content (AvgIpc) is 2.25. The average molecular weight is 259 g/mol. The van der Waals surface area contributed by atoms with Crippen LogP contribution in [0, 0.1) is 0 Å². The molecule has 15 heavy (non-hydrogen) atoms. The highest BCUT2D eigenvalue weighted by Crippen LogP contribution is 2.20. The number of rotatable bonds is 6. The second-order valence-electron chi connectivity index (χ2n) is 4.70. The second kappa shape index (κ2) is 5.40. The van der Waals surface area contributed by atoms with Crippen LogP contribution in [0.2, 0.25) is 26.2 Å². The fourth-order valence-electron chi connectivity index (χ4n) is 1.59. The van der Waals surface area contributed by atoms with Crippen LogP contribution < -0.4 is 0 Å². The van der Waals surface area contributed by atoms with Gasteiger partial charge in [0, 0.05) is 0 Å². The molecule has 0 spiro atoms. The van der Waals surface area contributed by atoms with Crippen LogP contribution in [-0.2, 0) is 0 Å². The third kappa shape index (κ3) is 3.01. The molecule has 0 N–H and O–H groups in total. The molecule has 0 fully saturated rings. The summed E-state index contributed by atoms with van der Waals surface area (Å²) in [6.45, 7) is 17.5. The van der Waals surface area contributed by atoms with E-state index >= 15 is 0 Å². The standard InChI is InChI=1S/C10H26N2Si3/c1-9-15(8,10-2)12(4)14(6,7)11(3)13-5/h9-10H,1-2,13H2,3-8H3. The van der Waals surface area contributed by atoms with E-state index in [1.165, 1.54) is 0 Å². The van der Waals surface area contributed by atoms with Crippen LogP contribution >= 0.6 is 0 Å². The van der Waals surface area contributed by atoms with Crippen molar-refractivity contribution in [2.45, 2.75) is 26.2 Å². The van der Waals surface area contributed by atoms with Gasteiger partial charge in [-0.3, -0.25) is 0 Å². The van der Waals surface area contributed by atoms with Crippen molar-refractivity contribution in [3.63, 3.8) is 0 Å². The van der Waals surface area contributed by atoms with Crippen molar-refractivity contribution >= 4 is 26.3 Å². The molecule has 0 bridgehead atoms. The normalized spacial score (nSPS) is 14.1. The fraction of sp³-hybridized carbons (Fsp3) is 0.600. The van der Waals surface area contributed by atoms with Crippen LogP contribution in [0.1, 0.15) is 0 Å². The molecule has 5 heteroatoms. The molecule has 2 nitrogen and oxygen atoms in total. The molecule has 0 aromatic heterocycles. The van der Waals surface area contributed by atoms with Gasteiger partial charge < -0.3 is 8.46 Å². The van der Waals surface area contributed by atoms with Gasteiger partial charge in [-0.05, 0) is 33.7 Å². The van der Waals surface area contributed by atoms with Gasteiger partial charge in [0.25, 0.3) is 0 Å². The Bertz CT molecular complexity index is 233. The van der Waals surface area contributed by atoms with Gasteiger partial charge >= 0.3 is 0 Å². The van der Waals surface area contributed by atoms with Gasteiger partial charge in [-0.2, -0.15) is 0 Å². The van der Waals surface area contributed by atoms with E-state index in [-0.39, 0.29) is 9.68 Å². The van der Waals surface area contributed by atoms with Crippen molar-refractivity contribution in [3.8, 4) is 0 Å². The first kappa shape index (κ1) is 15.1. The lowest BCUT2D eigenvalue weighted by molar-refractivity contribution is 0.645. The molecule has 0 aliphatic carbocycles. The molecule has 0 aromatic carbocycles. The molecule has 0 aliphatic rings. The Hall–Kier alpha value is 0.0506. The Morgan fingerprint density at radius 3 is 1.73 bits per heavy atom. The first-order valence-corrected chi connectivity index (χ1v) is 13.0. The quantitative estimate of drug-likeness (QED) is 0.669. The summed E-state index contributed by atoms with van der Waals surface area (Å²) in [5.74, 6) is 0. The first-order chi connectivity index (χ1) is 6.76. The Morgan fingerprint density at radius 2 is 1.47 bits per heavy atom. The van der Waals surface area contributed by atoms with E-state index in [4.69, 9.17) is 0 Å². The fourth-order valence-corrected chi connectivity index (χ4v) is 12.7. The maximum Gasteiger partial charge on any atom is 0.186 e. The van der Waals surface area contributed by atoms with E-state index in [0.29, 0.717) is 0 Å². The number of hydrogen-bond acceptors (Lipinski definition) is 2. The molecule has 0 heterocycles. The summed E-state index contributed by atoms with van der Waals surface area (Å²) in [6, 6.07) is 0. The van der Waals surface area contributed by atoms with E-state index in [0.717, 1.165) is 0 Å². The van der Waals surface area contributed by atoms with Crippen molar-refractivity contribution in [2.24, 2.45) is 0 Å². The molecule has 0 aromatic rings. The van der Waals surface area contributed by atoms with Crippen molar-refractivity contribution in [3.05, 3.63) is 24.6 Å². The van der Waals surface area contributed by atoms with Gasteiger partial charge in [0.1, 0.15) is 0 Å². The smallest absolute Gasteiger partial charge is 0.186 e. The molecule has 0 amide bonds. The van der Waals surface area contributed by atoms with Gasteiger partial charge in [-0.1, -0.05) is 17.9 Å². The van der Waals surface area contributed by atoms with E-state index in [1.807, 2.05) is 0 Å². The van der Waals surface area contributed by atoms with Crippen LogP contribution in [0.3, 0.4) is 0 Å². The van der Waals surface area contributed by atoms with E-state index in [1.54, 1.807) is 0 Å². The molecule has 0 aliphatic heterocycles. The summed E-state index contributed by atoms with van der Waals surface area (Å²) in [5.41, 5.74) is 4.25. The van der Waals surface area contributed by atoms with E-state index < -0.39 is 16.6 Å². The number of hydrogen-bond donors (Lipinski definition) is 0. The minimum absolute atomic E-state index is 0.0748. The molecular weight excluding hydrogens is 232 g/mol. The number of nitrogens with zero attached hydrogens (tertiary/aromatic N) is 2. The summed E-state index contributed by atoms with van der Waals surface area (Å²) >= 11 is 0. The van der Waals surface area contributed by atoms with Crippen LogP contribution in [0.4, 0.5) is 0 Å². The van der Waals surface area contributed by atoms with Crippen molar-refractivity contribution < 1.29 is 0 Å². The summed E-state index contributed by atoms with van der Waals surface area (Å²) in [6.07, 6.45) is 0. The highest BCUT2D eigenvalue weighted by atomic mass is 28.4. The second-order valence-corrected chi connectivity index (χ2v) is 15.7. The van der Waals surface area contributed by atoms with Crippen molar-refractivity contribution in [2.75, 3.05) is 14.1 Å². The molecular formula is C10H26N2Si3. The van der Waals surface area contributed by atoms with Crippen molar-refractivity contribution in [1.82, 2.24) is 8.46 Å². The minimum atomic E-state index is -1.61. The lowest BCUT2D eigenvalue weighted by Gasteiger charge is -2.47. The molecule has 0 radical (unpaired) electrons. The van der Waals surface area contributed by atoms with E-state index in [2.05, 4.69) is 73.3 Å². The van der Waals surface area contributed by atoms with Gasteiger partial charge in [-0.15, -0.1) is 13.2 Å². The van der Waals surface area contributed by atoms with Crippen molar-refractivity contribution in [1.29, 1.82) is 0 Å². The van der Waals surface area contributed by atoms with Gasteiger partial charge in [-0.25, -0.2) is 0 Å². The van der Waals surface area contributed by atoms with Gasteiger partial charge in [0.2, 0.25) is 0 Å². The lowest BCUT2D eigenvalue weighted by atomic mass is 11.2. The predicted octanol–water partition coefficient (Wildman–Crippen LogP) is 1.71. The molecule has 0 atom stereocenters. The third-order valence-electron chi connectivity index (χ3n) is 3.78. The Kier molecular flexibility index (Phi) is 5.42. The largest absolute Gasteiger partial charge is 0.342 e. The maximum atomic E-state index is 3.99. The first-order valence-electron chi connectivity index (χ1n) is 5.48. The zero-order valence-corrected chi connectivity index (χ0v) is 14.6. The monoisotopic (exact) mass is 258 g/mol. The molecule has 0 rings (SSSR count).